The first-order valence-corrected chi connectivity index (χ1v) is 6.27. The van der Waals surface area contributed by atoms with E-state index in [-0.39, 0.29) is 5.56 Å². The van der Waals surface area contributed by atoms with Gasteiger partial charge in [-0.1, -0.05) is 12.1 Å². The third kappa shape index (κ3) is 3.61. The first kappa shape index (κ1) is 14.1. The van der Waals surface area contributed by atoms with Crippen molar-refractivity contribution >= 4 is 5.91 Å². The average Bonchev–Trinajstić information content (AvgIpc) is 2.42. The quantitative estimate of drug-likeness (QED) is 0.874. The van der Waals surface area contributed by atoms with E-state index in [9.17, 15) is 9.18 Å². The largest absolute Gasteiger partial charge is 0.366 e. The molecule has 2 rings (SSSR count). The van der Waals surface area contributed by atoms with Gasteiger partial charge in [0.05, 0.1) is 0 Å². The Morgan fingerprint density at radius 3 is 2.70 bits per heavy atom. The number of amides is 1. The molecule has 0 bridgehead atoms. The molecule has 0 aliphatic heterocycles. The molecule has 0 radical (unpaired) electrons. The Morgan fingerprint density at radius 2 is 2.10 bits per heavy atom. The summed E-state index contributed by atoms with van der Waals surface area (Å²) in [5, 5.41) is 3.13. The van der Waals surface area contributed by atoms with Crippen LogP contribution < -0.4 is 11.1 Å². The van der Waals surface area contributed by atoms with E-state index in [1.165, 1.54) is 6.07 Å². The van der Waals surface area contributed by atoms with Crippen molar-refractivity contribution in [2.75, 3.05) is 0 Å². The van der Waals surface area contributed by atoms with Crippen LogP contribution in [-0.2, 0) is 13.1 Å². The summed E-state index contributed by atoms with van der Waals surface area (Å²) in [6.45, 7) is 2.90. The zero-order valence-electron chi connectivity index (χ0n) is 11.2. The highest BCUT2D eigenvalue weighted by atomic mass is 19.1. The van der Waals surface area contributed by atoms with E-state index in [1.807, 2.05) is 19.1 Å². The minimum absolute atomic E-state index is 0.175. The molecule has 3 N–H and O–H groups in total. The topological polar surface area (TPSA) is 68.0 Å². The lowest BCUT2D eigenvalue weighted by molar-refractivity contribution is 0.1000. The van der Waals surface area contributed by atoms with Crippen LogP contribution in [0.2, 0.25) is 0 Å². The maximum Gasteiger partial charge on any atom is 0.248 e. The van der Waals surface area contributed by atoms with E-state index in [0.29, 0.717) is 18.7 Å². The Kier molecular flexibility index (Phi) is 4.42. The Labute approximate surface area is 116 Å². The molecule has 1 aromatic heterocycles. The summed E-state index contributed by atoms with van der Waals surface area (Å²) < 4.78 is 13.7. The summed E-state index contributed by atoms with van der Waals surface area (Å²) >= 11 is 0. The highest BCUT2D eigenvalue weighted by molar-refractivity contribution is 5.92. The molecule has 5 heteroatoms. The van der Waals surface area contributed by atoms with Gasteiger partial charge in [-0.25, -0.2) is 4.39 Å². The molecular weight excluding hydrogens is 257 g/mol. The molecule has 0 spiro atoms. The van der Waals surface area contributed by atoms with E-state index in [0.717, 1.165) is 17.3 Å². The molecule has 2 aromatic rings. The molecule has 0 saturated heterocycles. The van der Waals surface area contributed by atoms with Gasteiger partial charge in [-0.05, 0) is 30.7 Å². The number of halogens is 1. The zero-order chi connectivity index (χ0) is 14.5. The molecule has 1 aromatic carbocycles. The lowest BCUT2D eigenvalue weighted by Crippen LogP contribution is -2.15. The molecule has 20 heavy (non-hydrogen) atoms. The van der Waals surface area contributed by atoms with Crippen molar-refractivity contribution in [3.05, 3.63) is 64.7 Å². The highest BCUT2D eigenvalue weighted by Gasteiger charge is 2.06. The van der Waals surface area contributed by atoms with Gasteiger partial charge in [-0.3, -0.25) is 9.78 Å². The van der Waals surface area contributed by atoms with Crippen LogP contribution in [0.4, 0.5) is 4.39 Å². The van der Waals surface area contributed by atoms with Gasteiger partial charge < -0.3 is 11.1 Å². The molecule has 4 nitrogen and oxygen atoms in total. The highest BCUT2D eigenvalue weighted by Crippen LogP contribution is 2.10. The van der Waals surface area contributed by atoms with Gasteiger partial charge in [-0.2, -0.15) is 0 Å². The molecule has 0 aliphatic rings. The summed E-state index contributed by atoms with van der Waals surface area (Å²) in [7, 11) is 0. The Bertz CT molecular complexity index is 611. The molecule has 0 atom stereocenters. The van der Waals surface area contributed by atoms with Gasteiger partial charge in [-0.15, -0.1) is 0 Å². The van der Waals surface area contributed by atoms with Crippen LogP contribution >= 0.6 is 0 Å². The summed E-state index contributed by atoms with van der Waals surface area (Å²) in [5.74, 6) is -1.06. The molecule has 0 fully saturated rings. The predicted octanol–water partition coefficient (Wildman–Crippen LogP) is 1.92. The van der Waals surface area contributed by atoms with Crippen molar-refractivity contribution in [3.8, 4) is 0 Å². The normalized spacial score (nSPS) is 10.5. The molecule has 0 saturated carbocycles. The van der Waals surface area contributed by atoms with E-state index < -0.39 is 11.7 Å². The SMILES string of the molecule is Cc1ccc(CNCc2ccc(C(N)=O)cc2F)cn1. The molecular formula is C15H16FN3O. The maximum atomic E-state index is 13.7. The summed E-state index contributed by atoms with van der Waals surface area (Å²) in [4.78, 5) is 15.1. The Balaban J connectivity index is 1.94. The van der Waals surface area contributed by atoms with Gasteiger partial charge in [0.25, 0.3) is 0 Å². The number of benzene rings is 1. The number of nitrogens with two attached hydrogens (primary N) is 1. The number of carbonyl (C=O) groups excluding carboxylic acids is 1. The summed E-state index contributed by atoms with van der Waals surface area (Å²) in [5.41, 5.74) is 7.76. The minimum Gasteiger partial charge on any atom is -0.366 e. The number of hydrogen-bond donors (Lipinski definition) is 2. The molecule has 1 heterocycles. The molecule has 0 aliphatic carbocycles. The fourth-order valence-electron chi connectivity index (χ4n) is 1.79. The van der Waals surface area contributed by atoms with Gasteiger partial charge >= 0.3 is 0 Å². The number of primary amides is 1. The number of carbonyl (C=O) groups is 1. The van der Waals surface area contributed by atoms with Crippen LogP contribution in [-0.4, -0.2) is 10.9 Å². The number of aromatic nitrogens is 1. The van der Waals surface area contributed by atoms with Crippen LogP contribution in [0.5, 0.6) is 0 Å². The van der Waals surface area contributed by atoms with E-state index in [2.05, 4.69) is 10.3 Å². The summed E-state index contributed by atoms with van der Waals surface area (Å²) in [6.07, 6.45) is 1.79. The third-order valence-corrected chi connectivity index (χ3v) is 2.95. The smallest absolute Gasteiger partial charge is 0.248 e. The van der Waals surface area contributed by atoms with Crippen molar-refractivity contribution in [1.29, 1.82) is 0 Å². The van der Waals surface area contributed by atoms with Crippen LogP contribution in [0.1, 0.15) is 27.2 Å². The van der Waals surface area contributed by atoms with Crippen molar-refractivity contribution < 1.29 is 9.18 Å². The molecule has 0 unspecified atom stereocenters. The number of aryl methyl sites for hydroxylation is 1. The van der Waals surface area contributed by atoms with Gasteiger partial charge in [0, 0.05) is 36.1 Å². The number of rotatable bonds is 5. The van der Waals surface area contributed by atoms with Crippen LogP contribution in [0.25, 0.3) is 0 Å². The lowest BCUT2D eigenvalue weighted by atomic mass is 10.1. The van der Waals surface area contributed by atoms with Gasteiger partial charge in [0.1, 0.15) is 5.82 Å². The average molecular weight is 273 g/mol. The Hall–Kier alpha value is -2.27. The second-order valence-corrected chi connectivity index (χ2v) is 4.58. The monoisotopic (exact) mass is 273 g/mol. The number of nitrogens with zero attached hydrogens (tertiary/aromatic N) is 1. The van der Waals surface area contributed by atoms with Crippen LogP contribution in [0, 0.1) is 12.7 Å². The third-order valence-electron chi connectivity index (χ3n) is 2.95. The Morgan fingerprint density at radius 1 is 1.30 bits per heavy atom. The van der Waals surface area contributed by atoms with Crippen molar-refractivity contribution in [1.82, 2.24) is 10.3 Å². The fourth-order valence-corrected chi connectivity index (χ4v) is 1.79. The van der Waals surface area contributed by atoms with Crippen LogP contribution in [0.15, 0.2) is 36.5 Å². The minimum atomic E-state index is -0.630. The van der Waals surface area contributed by atoms with E-state index in [1.54, 1.807) is 12.3 Å². The first-order valence-electron chi connectivity index (χ1n) is 6.27. The van der Waals surface area contributed by atoms with Crippen molar-refractivity contribution in [2.24, 2.45) is 5.73 Å². The van der Waals surface area contributed by atoms with Crippen molar-refractivity contribution in [2.45, 2.75) is 20.0 Å². The van der Waals surface area contributed by atoms with Crippen LogP contribution in [0.3, 0.4) is 0 Å². The second-order valence-electron chi connectivity index (χ2n) is 4.58. The first-order chi connectivity index (χ1) is 9.56. The van der Waals surface area contributed by atoms with Crippen molar-refractivity contribution in [3.63, 3.8) is 0 Å². The zero-order valence-corrected chi connectivity index (χ0v) is 11.2. The predicted molar refractivity (Wildman–Crippen MR) is 74.4 cm³/mol. The molecule has 1 amide bonds. The van der Waals surface area contributed by atoms with E-state index >= 15 is 0 Å². The fraction of sp³-hybridized carbons (Fsp3) is 0.200. The van der Waals surface area contributed by atoms with E-state index in [4.69, 9.17) is 5.73 Å². The summed E-state index contributed by atoms with van der Waals surface area (Å²) in [6, 6.07) is 8.15. The van der Waals surface area contributed by atoms with Gasteiger partial charge in [0.15, 0.2) is 0 Å². The van der Waals surface area contributed by atoms with Gasteiger partial charge in [0.2, 0.25) is 5.91 Å². The maximum absolute atomic E-state index is 13.7. The lowest BCUT2D eigenvalue weighted by Gasteiger charge is -2.07. The second kappa shape index (κ2) is 6.25. The molecule has 104 valence electrons. The number of hydrogen-bond acceptors (Lipinski definition) is 3. The standard InChI is InChI=1S/C15H16FN3O/c1-10-2-3-11(8-19-10)7-18-9-13-5-4-12(15(17)20)6-14(13)16/h2-6,8,18H,7,9H2,1H3,(H2,17,20). The number of pyridine rings is 1. The number of nitrogens with one attached hydrogen (secondary N) is 1.